The smallest absolute Gasteiger partial charge is 0.258 e. The number of hydrogen-bond donors (Lipinski definition) is 0. The zero-order valence-electron chi connectivity index (χ0n) is 10.5. The lowest BCUT2D eigenvalue weighted by molar-refractivity contribution is -0.386. The fourth-order valence-corrected chi connectivity index (χ4v) is 2.89. The van der Waals surface area contributed by atoms with Gasteiger partial charge >= 0.3 is 0 Å². The summed E-state index contributed by atoms with van der Waals surface area (Å²) < 4.78 is 0. The molecule has 17 heavy (non-hydrogen) atoms. The summed E-state index contributed by atoms with van der Waals surface area (Å²) in [6.45, 7) is 7.95. The number of nitrogens with zero attached hydrogens (tertiary/aromatic N) is 2. The van der Waals surface area contributed by atoms with Crippen LogP contribution in [0, 0.1) is 23.0 Å². The SMILES string of the molecule is Cc1ccc([N+](=O)[O-])c(C(C(C)C)C(C)Br)n1. The van der Waals surface area contributed by atoms with Crippen LogP contribution in [0.15, 0.2) is 12.1 Å². The van der Waals surface area contributed by atoms with Gasteiger partial charge in [-0.2, -0.15) is 0 Å². The van der Waals surface area contributed by atoms with Gasteiger partial charge < -0.3 is 0 Å². The van der Waals surface area contributed by atoms with Gasteiger partial charge in [0.15, 0.2) is 0 Å². The maximum atomic E-state index is 11.0. The molecule has 1 aromatic rings. The minimum absolute atomic E-state index is 0.0373. The zero-order chi connectivity index (χ0) is 13.2. The van der Waals surface area contributed by atoms with Gasteiger partial charge in [-0.25, -0.2) is 0 Å². The van der Waals surface area contributed by atoms with Crippen LogP contribution in [0.3, 0.4) is 0 Å². The van der Waals surface area contributed by atoms with E-state index in [1.807, 2.05) is 13.8 Å². The lowest BCUT2D eigenvalue weighted by atomic mass is 9.88. The molecule has 4 nitrogen and oxygen atoms in total. The Morgan fingerprint density at radius 3 is 2.35 bits per heavy atom. The van der Waals surface area contributed by atoms with E-state index in [1.165, 1.54) is 0 Å². The average Bonchev–Trinajstić information content (AvgIpc) is 2.15. The highest BCUT2D eigenvalue weighted by atomic mass is 79.9. The Balaban J connectivity index is 3.34. The summed E-state index contributed by atoms with van der Waals surface area (Å²) in [7, 11) is 0. The third-order valence-corrected chi connectivity index (χ3v) is 3.34. The van der Waals surface area contributed by atoms with Crippen LogP contribution in [0.1, 0.15) is 38.1 Å². The molecule has 0 radical (unpaired) electrons. The first kappa shape index (κ1) is 14.1. The molecule has 2 atom stereocenters. The van der Waals surface area contributed by atoms with Gasteiger partial charge in [0.2, 0.25) is 0 Å². The van der Waals surface area contributed by atoms with Crippen LogP contribution in [-0.2, 0) is 0 Å². The lowest BCUT2D eigenvalue weighted by Gasteiger charge is -2.23. The number of hydrogen-bond acceptors (Lipinski definition) is 3. The van der Waals surface area contributed by atoms with Crippen molar-refractivity contribution in [3.63, 3.8) is 0 Å². The molecule has 5 heteroatoms. The first-order valence-electron chi connectivity index (χ1n) is 5.60. The largest absolute Gasteiger partial charge is 0.291 e. The topological polar surface area (TPSA) is 56.0 Å². The number of halogens is 1. The summed E-state index contributed by atoms with van der Waals surface area (Å²) in [5.74, 6) is 0.327. The molecule has 0 amide bonds. The molecule has 0 saturated carbocycles. The van der Waals surface area contributed by atoms with Gasteiger partial charge in [-0.3, -0.25) is 15.1 Å². The molecule has 0 bridgehead atoms. The molecular formula is C12H17BrN2O2. The highest BCUT2D eigenvalue weighted by molar-refractivity contribution is 9.09. The highest BCUT2D eigenvalue weighted by Gasteiger charge is 2.29. The van der Waals surface area contributed by atoms with Crippen LogP contribution in [-0.4, -0.2) is 14.7 Å². The molecule has 0 N–H and O–H groups in total. The van der Waals surface area contributed by atoms with E-state index in [0.29, 0.717) is 5.69 Å². The predicted molar refractivity (Wildman–Crippen MR) is 71.6 cm³/mol. The molecule has 0 aliphatic heterocycles. The first-order valence-corrected chi connectivity index (χ1v) is 6.52. The number of rotatable bonds is 4. The molecule has 0 saturated heterocycles. The molecule has 0 spiro atoms. The summed E-state index contributed by atoms with van der Waals surface area (Å²) in [4.78, 5) is 15.2. The molecule has 2 unspecified atom stereocenters. The van der Waals surface area contributed by atoms with E-state index in [4.69, 9.17) is 0 Å². The predicted octanol–water partition coefficient (Wildman–Crippen LogP) is 3.82. The van der Waals surface area contributed by atoms with Crippen molar-refractivity contribution in [1.82, 2.24) is 4.98 Å². The number of alkyl halides is 1. The Labute approximate surface area is 110 Å². The van der Waals surface area contributed by atoms with Gasteiger partial charge in [0.25, 0.3) is 5.69 Å². The summed E-state index contributed by atoms with van der Waals surface area (Å²) >= 11 is 3.52. The lowest BCUT2D eigenvalue weighted by Crippen LogP contribution is -2.18. The van der Waals surface area contributed by atoms with Crippen molar-refractivity contribution in [1.29, 1.82) is 0 Å². The van der Waals surface area contributed by atoms with Crippen molar-refractivity contribution >= 4 is 21.6 Å². The van der Waals surface area contributed by atoms with E-state index < -0.39 is 0 Å². The Bertz CT molecular complexity index is 411. The van der Waals surface area contributed by atoms with Crippen LogP contribution in [0.5, 0.6) is 0 Å². The summed E-state index contributed by atoms with van der Waals surface area (Å²) in [6, 6.07) is 3.22. The Hall–Kier alpha value is -0.970. The molecule has 94 valence electrons. The fraction of sp³-hybridized carbons (Fsp3) is 0.583. The third kappa shape index (κ3) is 3.25. The van der Waals surface area contributed by atoms with Gasteiger partial charge in [0.05, 0.1) is 4.92 Å². The van der Waals surface area contributed by atoms with Crippen LogP contribution in [0.25, 0.3) is 0 Å². The van der Waals surface area contributed by atoms with Crippen LogP contribution >= 0.6 is 15.9 Å². The monoisotopic (exact) mass is 300 g/mol. The average molecular weight is 301 g/mol. The van der Waals surface area contributed by atoms with Gasteiger partial charge in [-0.1, -0.05) is 36.7 Å². The maximum absolute atomic E-state index is 11.0. The van der Waals surface area contributed by atoms with Crippen molar-refractivity contribution in [2.75, 3.05) is 0 Å². The van der Waals surface area contributed by atoms with Gasteiger partial charge in [-0.15, -0.1) is 0 Å². The second-order valence-corrected chi connectivity index (χ2v) is 6.01. The number of nitro groups is 1. The molecule has 1 rings (SSSR count). The zero-order valence-corrected chi connectivity index (χ0v) is 12.1. The number of aryl methyl sites for hydroxylation is 1. The van der Waals surface area contributed by atoms with Gasteiger partial charge in [-0.05, 0) is 18.9 Å². The second kappa shape index (κ2) is 5.58. The van der Waals surface area contributed by atoms with Crippen LogP contribution in [0.4, 0.5) is 5.69 Å². The normalized spacial score (nSPS) is 14.7. The van der Waals surface area contributed by atoms with Gasteiger partial charge in [0.1, 0.15) is 5.69 Å². The standard InChI is InChI=1S/C12H17BrN2O2/c1-7(2)11(9(4)13)12-10(15(16)17)6-5-8(3)14-12/h5-7,9,11H,1-4H3. The Morgan fingerprint density at radius 1 is 1.35 bits per heavy atom. The van der Waals surface area contributed by atoms with Crippen molar-refractivity contribution in [3.8, 4) is 0 Å². The fourth-order valence-electron chi connectivity index (χ4n) is 2.03. The van der Waals surface area contributed by atoms with Crippen molar-refractivity contribution < 1.29 is 4.92 Å². The van der Waals surface area contributed by atoms with Gasteiger partial charge in [0, 0.05) is 22.5 Å². The van der Waals surface area contributed by atoms with Crippen LogP contribution < -0.4 is 0 Å². The molecule has 0 aliphatic rings. The minimum Gasteiger partial charge on any atom is -0.258 e. The minimum atomic E-state index is -0.355. The first-order chi connectivity index (χ1) is 7.84. The molecule has 1 aromatic heterocycles. The Kier molecular flexibility index (Phi) is 4.62. The number of pyridine rings is 1. The summed E-state index contributed by atoms with van der Waals surface area (Å²) in [5.41, 5.74) is 1.50. The maximum Gasteiger partial charge on any atom is 0.291 e. The summed E-state index contributed by atoms with van der Waals surface area (Å²) in [5, 5.41) is 11.0. The van der Waals surface area contributed by atoms with Crippen LogP contribution in [0.2, 0.25) is 0 Å². The van der Waals surface area contributed by atoms with E-state index in [2.05, 4.69) is 34.8 Å². The van der Waals surface area contributed by atoms with Crippen molar-refractivity contribution in [3.05, 3.63) is 33.6 Å². The van der Waals surface area contributed by atoms with Crippen molar-refractivity contribution in [2.45, 2.75) is 38.4 Å². The van der Waals surface area contributed by atoms with E-state index in [9.17, 15) is 10.1 Å². The highest BCUT2D eigenvalue weighted by Crippen LogP contribution is 2.35. The Morgan fingerprint density at radius 2 is 1.94 bits per heavy atom. The van der Waals surface area contributed by atoms with E-state index in [-0.39, 0.29) is 27.3 Å². The quantitative estimate of drug-likeness (QED) is 0.482. The van der Waals surface area contributed by atoms with E-state index in [0.717, 1.165) is 5.69 Å². The molecule has 0 fully saturated rings. The molecule has 0 aromatic carbocycles. The summed E-state index contributed by atoms with van der Waals surface area (Å²) in [6.07, 6.45) is 0. The molecule has 1 heterocycles. The van der Waals surface area contributed by atoms with Crippen molar-refractivity contribution in [2.24, 2.45) is 5.92 Å². The second-order valence-electron chi connectivity index (χ2n) is 4.56. The van der Waals surface area contributed by atoms with E-state index in [1.54, 1.807) is 12.1 Å². The molecular weight excluding hydrogens is 284 g/mol. The molecule has 0 aliphatic carbocycles. The third-order valence-electron chi connectivity index (χ3n) is 2.77. The number of aromatic nitrogens is 1. The van der Waals surface area contributed by atoms with E-state index >= 15 is 0 Å².